The molecule has 0 radical (unpaired) electrons. The number of amides is 2. The molecule has 0 saturated carbocycles. The van der Waals surface area contributed by atoms with Gasteiger partial charge in [-0.2, -0.15) is 13.2 Å². The third kappa shape index (κ3) is 5.88. The molecule has 5 rings (SSSR count). The van der Waals surface area contributed by atoms with Crippen LogP contribution in [0.15, 0.2) is 58.5 Å². The molecule has 8 nitrogen and oxygen atoms in total. The van der Waals surface area contributed by atoms with Gasteiger partial charge in [-0.1, -0.05) is 23.4 Å². The van der Waals surface area contributed by atoms with E-state index >= 15 is 4.39 Å². The van der Waals surface area contributed by atoms with E-state index in [0.29, 0.717) is 41.2 Å². The fraction of sp³-hybridized carbons (Fsp3) is 0.286. The fourth-order valence-electron chi connectivity index (χ4n) is 4.57. The summed E-state index contributed by atoms with van der Waals surface area (Å²) in [5, 5.41) is 2.69. The summed E-state index contributed by atoms with van der Waals surface area (Å²) in [6.45, 7) is 6.07. The number of carbonyl (C=O) groups excluding carboxylic acids is 1. The molecule has 2 aliphatic heterocycles. The number of aliphatic imine (C=N–C) groups is 1. The second kappa shape index (κ2) is 11.1. The Morgan fingerprint density at radius 1 is 1.17 bits per heavy atom. The van der Waals surface area contributed by atoms with Gasteiger partial charge in [0.05, 0.1) is 17.1 Å². The Balaban J connectivity index is 1.38. The van der Waals surface area contributed by atoms with Gasteiger partial charge in [0.1, 0.15) is 5.82 Å². The number of alkyl halides is 3. The molecular formula is C28H25ClF4N6O2S. The topological polar surface area (TPSA) is 83.0 Å². The van der Waals surface area contributed by atoms with Crippen molar-refractivity contribution in [3.05, 3.63) is 70.3 Å². The number of rotatable bonds is 5. The summed E-state index contributed by atoms with van der Waals surface area (Å²) >= 11 is 7.18. The predicted octanol–water partition coefficient (Wildman–Crippen LogP) is 7.50. The number of thioether (sulfide) groups is 1. The highest BCUT2D eigenvalue weighted by Gasteiger charge is 2.36. The molecule has 2 aliphatic rings. The summed E-state index contributed by atoms with van der Waals surface area (Å²) < 4.78 is 61.6. The van der Waals surface area contributed by atoms with Crippen molar-refractivity contribution >= 4 is 58.5 Å². The van der Waals surface area contributed by atoms with E-state index < -0.39 is 34.1 Å². The molecule has 0 atom stereocenters. The Bertz CT molecular complexity index is 1620. The third-order valence-electron chi connectivity index (χ3n) is 6.35. The minimum Gasteiger partial charge on any atom is -0.450 e. The number of ether oxygens (including phenoxy) is 1. The summed E-state index contributed by atoms with van der Waals surface area (Å²) in [5.74, 6) is 0.652. The van der Waals surface area contributed by atoms with Gasteiger partial charge in [-0.3, -0.25) is 9.89 Å². The number of hydrogen-bond acceptors (Lipinski definition) is 7. The van der Waals surface area contributed by atoms with Crippen molar-refractivity contribution in [3.8, 4) is 5.75 Å². The van der Waals surface area contributed by atoms with Crippen molar-refractivity contribution in [2.45, 2.75) is 37.6 Å². The van der Waals surface area contributed by atoms with Crippen LogP contribution < -0.4 is 19.9 Å². The van der Waals surface area contributed by atoms with Crippen LogP contribution >= 0.6 is 23.4 Å². The van der Waals surface area contributed by atoms with Gasteiger partial charge in [-0.05, 0) is 63.4 Å². The van der Waals surface area contributed by atoms with Crippen molar-refractivity contribution in [2.75, 3.05) is 34.5 Å². The van der Waals surface area contributed by atoms with Gasteiger partial charge in [0.15, 0.2) is 28.3 Å². The van der Waals surface area contributed by atoms with E-state index in [-0.39, 0.29) is 17.1 Å². The third-order valence-corrected chi connectivity index (χ3v) is 7.24. The van der Waals surface area contributed by atoms with Crippen LogP contribution in [0.5, 0.6) is 5.75 Å². The van der Waals surface area contributed by atoms with Crippen LogP contribution in [0, 0.1) is 5.82 Å². The zero-order valence-electron chi connectivity index (χ0n) is 22.9. The SMILES string of the molecule is CSc1ncc2c(n1)N1CCN=C1C(Oc1ccc(NC(=O)N(c3ccc(Cl)c(C(F)(F)F)c3)C(C)(C)C)cc1F)=C2. The lowest BCUT2D eigenvalue weighted by Crippen LogP contribution is -2.48. The van der Waals surface area contributed by atoms with Crippen molar-refractivity contribution < 1.29 is 27.1 Å². The maximum atomic E-state index is 15.2. The molecule has 2 aromatic carbocycles. The molecule has 3 aromatic rings. The lowest BCUT2D eigenvalue weighted by Gasteiger charge is -2.36. The van der Waals surface area contributed by atoms with Crippen LogP contribution in [0.4, 0.5) is 39.5 Å². The van der Waals surface area contributed by atoms with Crippen molar-refractivity contribution in [2.24, 2.45) is 4.99 Å². The van der Waals surface area contributed by atoms with E-state index in [0.717, 1.165) is 23.1 Å². The maximum Gasteiger partial charge on any atom is 0.417 e. The van der Waals surface area contributed by atoms with Gasteiger partial charge >= 0.3 is 12.2 Å². The Hall–Kier alpha value is -3.84. The smallest absolute Gasteiger partial charge is 0.417 e. The highest BCUT2D eigenvalue weighted by molar-refractivity contribution is 7.98. The lowest BCUT2D eigenvalue weighted by atomic mass is 10.0. The van der Waals surface area contributed by atoms with Crippen molar-refractivity contribution in [3.63, 3.8) is 0 Å². The number of benzene rings is 2. The maximum absolute atomic E-state index is 15.2. The van der Waals surface area contributed by atoms with Crippen molar-refractivity contribution in [1.82, 2.24) is 9.97 Å². The van der Waals surface area contributed by atoms with Crippen LogP contribution in [0.2, 0.25) is 5.02 Å². The molecule has 0 unspecified atom stereocenters. The largest absolute Gasteiger partial charge is 0.450 e. The van der Waals surface area contributed by atoms with Gasteiger partial charge in [-0.15, -0.1) is 0 Å². The van der Waals surface area contributed by atoms with Crippen LogP contribution in [-0.4, -0.2) is 46.7 Å². The number of carbonyl (C=O) groups is 1. The van der Waals surface area contributed by atoms with Crippen molar-refractivity contribution in [1.29, 1.82) is 0 Å². The molecule has 0 aliphatic carbocycles. The summed E-state index contributed by atoms with van der Waals surface area (Å²) in [6.07, 6.45) is 0.525. The molecule has 42 heavy (non-hydrogen) atoms. The minimum absolute atomic E-state index is 0.0304. The number of aromatic nitrogens is 2. The normalized spacial score (nSPS) is 14.5. The lowest BCUT2D eigenvalue weighted by molar-refractivity contribution is -0.137. The first-order chi connectivity index (χ1) is 19.8. The number of amidine groups is 1. The highest BCUT2D eigenvalue weighted by atomic mass is 35.5. The van der Waals surface area contributed by atoms with Crippen LogP contribution in [0.1, 0.15) is 31.9 Å². The van der Waals surface area contributed by atoms with Gasteiger partial charge in [-0.25, -0.2) is 19.2 Å². The number of nitrogens with one attached hydrogen (secondary N) is 1. The number of nitrogens with zero attached hydrogens (tertiary/aromatic N) is 5. The molecule has 0 bridgehead atoms. The average molecular weight is 621 g/mol. The summed E-state index contributed by atoms with van der Waals surface area (Å²) in [5.41, 5.74) is -1.27. The van der Waals surface area contributed by atoms with E-state index in [9.17, 15) is 18.0 Å². The minimum atomic E-state index is -4.71. The molecule has 0 spiro atoms. The number of urea groups is 1. The van der Waals surface area contributed by atoms with Gasteiger partial charge in [0.25, 0.3) is 0 Å². The zero-order chi connectivity index (χ0) is 30.4. The second-order valence-corrected chi connectivity index (χ2v) is 11.5. The summed E-state index contributed by atoms with van der Waals surface area (Å²) in [7, 11) is 0. The van der Waals surface area contributed by atoms with Crippen LogP contribution in [0.25, 0.3) is 6.08 Å². The highest BCUT2D eigenvalue weighted by Crippen LogP contribution is 2.39. The molecule has 2 amide bonds. The number of halogens is 5. The number of anilines is 3. The summed E-state index contributed by atoms with van der Waals surface area (Å²) in [6, 6.07) is 6.29. The number of fused-ring (bicyclic) bond motifs is 3. The quantitative estimate of drug-likeness (QED) is 0.181. The predicted molar refractivity (Wildman–Crippen MR) is 156 cm³/mol. The Labute approximate surface area is 248 Å². The van der Waals surface area contributed by atoms with E-state index in [4.69, 9.17) is 16.3 Å². The average Bonchev–Trinajstić information content (AvgIpc) is 3.40. The molecule has 3 heterocycles. The molecule has 14 heteroatoms. The van der Waals surface area contributed by atoms with Crippen LogP contribution in [-0.2, 0) is 6.18 Å². The number of hydrogen-bond donors (Lipinski definition) is 1. The van der Waals surface area contributed by atoms with E-state index in [2.05, 4.69) is 20.3 Å². The molecule has 1 N–H and O–H groups in total. The van der Waals surface area contributed by atoms with Gasteiger partial charge in [0.2, 0.25) is 0 Å². The van der Waals surface area contributed by atoms with E-state index in [1.165, 1.54) is 30.0 Å². The summed E-state index contributed by atoms with van der Waals surface area (Å²) in [4.78, 5) is 29.7. The molecule has 220 valence electrons. The first-order valence-corrected chi connectivity index (χ1v) is 14.3. The van der Waals surface area contributed by atoms with E-state index in [1.54, 1.807) is 33.0 Å². The first kappa shape index (κ1) is 29.6. The second-order valence-electron chi connectivity index (χ2n) is 10.3. The Morgan fingerprint density at radius 3 is 2.60 bits per heavy atom. The van der Waals surface area contributed by atoms with Crippen LogP contribution in [0.3, 0.4) is 0 Å². The molecule has 0 fully saturated rings. The van der Waals surface area contributed by atoms with E-state index in [1.807, 2.05) is 11.2 Å². The Kier molecular flexibility index (Phi) is 7.84. The molecular weight excluding hydrogens is 596 g/mol. The fourth-order valence-corrected chi connectivity index (χ4v) is 5.13. The standard InChI is InChI=1S/C28H25ClF4N6O2S/c1-27(2,3)39(17-6-7-19(29)18(13-17)28(31,32)33)26(40)36-16-5-8-21(20(30)12-16)41-22-11-15-14-35-25(42-4)37-23(15)38-10-9-34-24(22)38/h5-8,11-14H,9-10H2,1-4H3,(H,36,40). The van der Waals surface area contributed by atoms with Gasteiger partial charge in [0, 0.05) is 41.3 Å². The Morgan fingerprint density at radius 2 is 1.93 bits per heavy atom. The molecule has 1 aromatic heterocycles. The van der Waals surface area contributed by atoms with Gasteiger partial charge < -0.3 is 15.0 Å². The first-order valence-electron chi connectivity index (χ1n) is 12.7. The molecule has 0 saturated heterocycles. The monoisotopic (exact) mass is 620 g/mol. The zero-order valence-corrected chi connectivity index (χ0v) is 24.5.